The lowest BCUT2D eigenvalue weighted by Gasteiger charge is -2.53. The number of carbonyl (C=O) groups is 4. The molecule has 1 aromatic carbocycles. The number of benzene rings is 1. The molecule has 59 heavy (non-hydrogen) atoms. The molecular formula is C43H69NO15. The fraction of sp³-hybridized carbons (Fsp3) is 0.767. The van der Waals surface area contributed by atoms with E-state index in [1.807, 2.05) is 25.1 Å². The van der Waals surface area contributed by atoms with Gasteiger partial charge in [-0.15, -0.1) is 0 Å². The van der Waals surface area contributed by atoms with Crippen LogP contribution in [0, 0.1) is 0 Å². The van der Waals surface area contributed by atoms with E-state index in [-0.39, 0.29) is 13.2 Å². The first-order valence-electron chi connectivity index (χ1n) is 21.3. The molecule has 0 radical (unpaired) electrons. The first-order chi connectivity index (χ1) is 28.4. The first-order valence-corrected chi connectivity index (χ1v) is 21.3. The fourth-order valence-corrected chi connectivity index (χ4v) is 6.79. The van der Waals surface area contributed by atoms with Gasteiger partial charge in [0.25, 0.3) is 0 Å². The van der Waals surface area contributed by atoms with Gasteiger partial charge in [0.15, 0.2) is 24.3 Å². The normalized spacial score (nSPS) is 28.0. The van der Waals surface area contributed by atoms with Crippen LogP contribution in [0.25, 0.3) is 0 Å². The van der Waals surface area contributed by atoms with Crippen molar-refractivity contribution in [2.24, 2.45) is 0 Å². The Labute approximate surface area is 349 Å². The molecule has 1 aromatic rings. The largest absolute Gasteiger partial charge is 0.463 e. The van der Waals surface area contributed by atoms with E-state index in [9.17, 15) is 19.2 Å². The second-order valence-corrected chi connectivity index (χ2v) is 15.0. The third-order valence-electron chi connectivity index (χ3n) is 9.78. The van der Waals surface area contributed by atoms with Crippen molar-refractivity contribution in [3.63, 3.8) is 0 Å². The number of alkyl carbamates (subject to hydrolysis) is 1. The van der Waals surface area contributed by atoms with Crippen molar-refractivity contribution in [2.75, 3.05) is 39.6 Å². The van der Waals surface area contributed by atoms with E-state index >= 15 is 0 Å². The van der Waals surface area contributed by atoms with Crippen LogP contribution in [-0.4, -0.2) is 124 Å². The molecule has 1 amide bonds. The number of amides is 1. The maximum atomic E-state index is 13.6. The van der Waals surface area contributed by atoms with Gasteiger partial charge in [0.1, 0.15) is 49.8 Å². The molecule has 0 aliphatic carbocycles. The van der Waals surface area contributed by atoms with E-state index in [2.05, 4.69) is 26.1 Å². The Kier molecular flexibility index (Phi) is 22.7. The van der Waals surface area contributed by atoms with Gasteiger partial charge in [0.2, 0.25) is 0 Å². The summed E-state index contributed by atoms with van der Waals surface area (Å²) < 4.78 is 68.7. The molecule has 0 spiro atoms. The highest BCUT2D eigenvalue weighted by Crippen LogP contribution is 2.40. The van der Waals surface area contributed by atoms with Crippen LogP contribution in [0.4, 0.5) is 4.79 Å². The fourth-order valence-electron chi connectivity index (χ4n) is 6.79. The summed E-state index contributed by atoms with van der Waals surface area (Å²) in [5, 5.41) is 2.75. The van der Waals surface area contributed by atoms with Gasteiger partial charge >= 0.3 is 24.0 Å². The number of carbonyl (C=O) groups excluding carboxylic acids is 4. The lowest BCUT2D eigenvalue weighted by molar-refractivity contribution is -0.416. The lowest BCUT2D eigenvalue weighted by atomic mass is 9.91. The van der Waals surface area contributed by atoms with Crippen molar-refractivity contribution >= 4 is 24.0 Å². The minimum Gasteiger partial charge on any atom is -0.463 e. The molecule has 1 N–H and O–H groups in total. The van der Waals surface area contributed by atoms with Crippen LogP contribution >= 0.6 is 0 Å². The van der Waals surface area contributed by atoms with Gasteiger partial charge in [-0.3, -0.25) is 14.4 Å². The summed E-state index contributed by atoms with van der Waals surface area (Å²) in [5.74, 6) is -3.84. The predicted molar refractivity (Wildman–Crippen MR) is 214 cm³/mol. The number of ether oxygens (including phenoxy) is 11. The minimum atomic E-state index is -1.70. The average molecular weight is 840 g/mol. The maximum absolute atomic E-state index is 13.6. The van der Waals surface area contributed by atoms with Gasteiger partial charge in [-0.05, 0) is 38.2 Å². The van der Waals surface area contributed by atoms with E-state index in [0.717, 1.165) is 56.9 Å². The Balaban J connectivity index is 2.17. The maximum Gasteiger partial charge on any atom is 0.407 e. The molecule has 2 aliphatic rings. The highest BCUT2D eigenvalue weighted by Gasteiger charge is 2.59. The van der Waals surface area contributed by atoms with Crippen molar-refractivity contribution in [1.82, 2.24) is 5.32 Å². The van der Waals surface area contributed by atoms with Gasteiger partial charge in [-0.25, -0.2) is 4.79 Å². The summed E-state index contributed by atoms with van der Waals surface area (Å²) in [4.78, 5) is 51.0. The minimum absolute atomic E-state index is 0.0868. The Hall–Kier alpha value is -3.38. The summed E-state index contributed by atoms with van der Waals surface area (Å²) in [5.41, 5.74) is 0.721. The SMILES string of the molecule is CCCCOCC1O[C@](C)(O[C@H]2OC(COC(C)=O)[C@@H](OC(C)=O)C(OC(C)=O)C2NC(=O)OCc2ccccc2)C(OCCCC)C(OCCCC)[C@@H]1OCCCC. The Morgan fingerprint density at radius 2 is 1.24 bits per heavy atom. The molecule has 336 valence electrons. The van der Waals surface area contributed by atoms with Crippen molar-refractivity contribution in [3.8, 4) is 0 Å². The number of nitrogens with one attached hydrogen (secondary N) is 1. The highest BCUT2D eigenvalue weighted by atomic mass is 16.8. The molecule has 2 fully saturated rings. The molecule has 2 saturated heterocycles. The van der Waals surface area contributed by atoms with Crippen LogP contribution in [0.3, 0.4) is 0 Å². The summed E-state index contributed by atoms with van der Waals surface area (Å²) in [6, 6.07) is 7.66. The van der Waals surface area contributed by atoms with Crippen molar-refractivity contribution in [2.45, 2.75) is 174 Å². The van der Waals surface area contributed by atoms with Crippen molar-refractivity contribution in [1.29, 1.82) is 0 Å². The van der Waals surface area contributed by atoms with E-state index in [4.69, 9.17) is 52.1 Å². The molecular weight excluding hydrogens is 770 g/mol. The number of esters is 3. The van der Waals surface area contributed by atoms with Crippen LogP contribution in [0.2, 0.25) is 0 Å². The van der Waals surface area contributed by atoms with Crippen LogP contribution in [0.15, 0.2) is 30.3 Å². The smallest absolute Gasteiger partial charge is 0.407 e. The van der Waals surface area contributed by atoms with Gasteiger partial charge in [0, 0.05) is 47.2 Å². The third kappa shape index (κ3) is 16.5. The number of rotatable bonds is 26. The van der Waals surface area contributed by atoms with Gasteiger partial charge in [0.05, 0.1) is 6.61 Å². The summed E-state index contributed by atoms with van der Waals surface area (Å²) in [6.07, 6.45) is -2.70. The summed E-state index contributed by atoms with van der Waals surface area (Å²) in [7, 11) is 0. The molecule has 16 heteroatoms. The molecule has 6 unspecified atom stereocenters. The van der Waals surface area contributed by atoms with Crippen molar-refractivity contribution < 1.29 is 71.3 Å². The average Bonchev–Trinajstić information content (AvgIpc) is 3.19. The molecule has 10 atom stereocenters. The molecule has 2 heterocycles. The highest BCUT2D eigenvalue weighted by molar-refractivity contribution is 5.69. The zero-order valence-electron chi connectivity index (χ0n) is 36.3. The number of hydrogen-bond acceptors (Lipinski definition) is 15. The molecule has 0 bridgehead atoms. The van der Waals surface area contributed by atoms with Crippen LogP contribution in [0.1, 0.15) is 112 Å². The molecule has 0 saturated carbocycles. The number of unbranched alkanes of at least 4 members (excludes halogenated alkanes) is 4. The zero-order valence-corrected chi connectivity index (χ0v) is 36.3. The van der Waals surface area contributed by atoms with E-state index in [0.29, 0.717) is 26.4 Å². The topological polar surface area (TPSA) is 182 Å². The summed E-state index contributed by atoms with van der Waals surface area (Å²) in [6.45, 7) is 14.8. The molecule has 0 aromatic heterocycles. The summed E-state index contributed by atoms with van der Waals surface area (Å²) >= 11 is 0. The quantitative estimate of drug-likeness (QED) is 0.0657. The zero-order chi connectivity index (χ0) is 43.2. The van der Waals surface area contributed by atoms with Crippen LogP contribution in [0.5, 0.6) is 0 Å². The Morgan fingerprint density at radius 1 is 0.661 bits per heavy atom. The van der Waals surface area contributed by atoms with Crippen LogP contribution in [-0.2, 0) is 73.1 Å². The molecule has 3 rings (SSSR count). The van der Waals surface area contributed by atoms with Gasteiger partial charge < -0.3 is 57.4 Å². The Morgan fingerprint density at radius 3 is 1.83 bits per heavy atom. The van der Waals surface area contributed by atoms with Gasteiger partial charge in [-0.2, -0.15) is 0 Å². The van der Waals surface area contributed by atoms with E-state index in [1.165, 1.54) is 20.8 Å². The second-order valence-electron chi connectivity index (χ2n) is 15.0. The first kappa shape index (κ1) is 50.0. The third-order valence-corrected chi connectivity index (χ3v) is 9.78. The lowest BCUT2D eigenvalue weighted by Crippen LogP contribution is -2.71. The van der Waals surface area contributed by atoms with E-state index in [1.54, 1.807) is 19.1 Å². The Bertz CT molecular complexity index is 1380. The second kappa shape index (κ2) is 26.7. The molecule has 16 nitrogen and oxygen atoms in total. The van der Waals surface area contributed by atoms with Crippen LogP contribution < -0.4 is 5.32 Å². The predicted octanol–water partition coefficient (Wildman–Crippen LogP) is 5.94. The number of hydrogen-bond donors (Lipinski definition) is 1. The molecule has 2 aliphatic heterocycles. The monoisotopic (exact) mass is 839 g/mol. The van der Waals surface area contributed by atoms with Crippen molar-refractivity contribution in [3.05, 3.63) is 35.9 Å². The van der Waals surface area contributed by atoms with Gasteiger partial charge in [-0.1, -0.05) is 83.7 Å². The van der Waals surface area contributed by atoms with E-state index < -0.39 is 91.5 Å². The standard InChI is InChI=1S/C43H69NO15/c1-9-13-22-49-27-34-36(50-23-14-10-2)39(51-24-15-11-3)40(52-25-16-12-4)43(8,58-34)59-41-35(44-42(48)54-26-32-20-18-17-19-21-32)38(56-31(7)47)37(55-30(6)46)33(57-41)28-53-29(5)45/h17-21,33-41H,9-16,22-28H2,1-8H3,(H,44,48)/t33?,34?,35?,36-,37-,38?,39?,40?,41-,43-/m1/s1.